The van der Waals surface area contributed by atoms with E-state index in [1.165, 1.54) is 0 Å². The maximum atomic E-state index is 6.53. The summed E-state index contributed by atoms with van der Waals surface area (Å²) in [7, 11) is 0. The molecule has 2 aromatic carbocycles. The van der Waals surface area contributed by atoms with E-state index < -0.39 is 0 Å². The third kappa shape index (κ3) is 4.37. The molecule has 0 aliphatic rings. The molecule has 9 heteroatoms. The molecule has 0 saturated heterocycles. The van der Waals surface area contributed by atoms with Crippen molar-refractivity contribution in [2.75, 3.05) is 0 Å². The highest BCUT2D eigenvalue weighted by molar-refractivity contribution is 6.35. The van der Waals surface area contributed by atoms with Crippen LogP contribution in [-0.2, 0) is 6.42 Å². The van der Waals surface area contributed by atoms with Crippen LogP contribution < -0.4 is 0 Å². The van der Waals surface area contributed by atoms with Gasteiger partial charge in [-0.05, 0) is 49.4 Å². The number of rotatable bonds is 5. The van der Waals surface area contributed by atoms with Crippen LogP contribution >= 0.6 is 34.8 Å². The van der Waals surface area contributed by atoms with Gasteiger partial charge in [0.2, 0.25) is 5.89 Å². The molecule has 5 rings (SSSR count). The lowest BCUT2D eigenvalue weighted by molar-refractivity contribution is 0.514. The van der Waals surface area contributed by atoms with Crippen molar-refractivity contribution < 1.29 is 4.42 Å². The van der Waals surface area contributed by atoms with Crippen molar-refractivity contribution in [3.63, 3.8) is 0 Å². The summed E-state index contributed by atoms with van der Waals surface area (Å²) in [5.74, 6) is 0.771. The van der Waals surface area contributed by atoms with Gasteiger partial charge in [0.1, 0.15) is 0 Å². The normalized spacial score (nSPS) is 11.2. The SMILES string of the molecule is Cc1c(-c2nnc(Cc3ccccn3)o2)nn(-c2ccc(Cl)cc2Cl)c1-c1ccc(Cl)cc1. The highest BCUT2D eigenvalue weighted by atomic mass is 35.5. The number of halogens is 3. The second kappa shape index (κ2) is 8.98. The summed E-state index contributed by atoms with van der Waals surface area (Å²) in [5.41, 5.74) is 4.67. The Hall–Kier alpha value is -3.19. The van der Waals surface area contributed by atoms with Gasteiger partial charge in [0.05, 0.1) is 22.8 Å². The number of pyridine rings is 1. The molecule has 0 N–H and O–H groups in total. The van der Waals surface area contributed by atoms with E-state index in [9.17, 15) is 0 Å². The molecule has 33 heavy (non-hydrogen) atoms. The van der Waals surface area contributed by atoms with Gasteiger partial charge in [-0.2, -0.15) is 5.10 Å². The second-order valence-electron chi connectivity index (χ2n) is 7.34. The first kappa shape index (κ1) is 21.6. The molecule has 0 atom stereocenters. The minimum atomic E-state index is 0.317. The first-order valence-corrected chi connectivity index (χ1v) is 11.2. The van der Waals surface area contributed by atoms with E-state index in [0.29, 0.717) is 44.7 Å². The molecule has 0 amide bonds. The largest absolute Gasteiger partial charge is 0.419 e. The van der Waals surface area contributed by atoms with Crippen LogP contribution in [0.25, 0.3) is 28.5 Å². The quantitative estimate of drug-likeness (QED) is 0.266. The van der Waals surface area contributed by atoms with E-state index in [1.807, 2.05) is 55.5 Å². The van der Waals surface area contributed by atoms with Crippen molar-refractivity contribution in [3.05, 3.63) is 99.1 Å². The van der Waals surface area contributed by atoms with Gasteiger partial charge in [-0.1, -0.05) is 53.0 Å². The Balaban J connectivity index is 1.63. The predicted octanol–water partition coefficient (Wildman–Crippen LogP) is 6.84. The zero-order valence-electron chi connectivity index (χ0n) is 17.3. The third-order valence-corrected chi connectivity index (χ3v) is 5.90. The van der Waals surface area contributed by atoms with Crippen molar-refractivity contribution in [1.82, 2.24) is 25.0 Å². The number of nitrogens with zero attached hydrogens (tertiary/aromatic N) is 5. The van der Waals surface area contributed by atoms with E-state index in [0.717, 1.165) is 22.5 Å². The maximum absolute atomic E-state index is 6.53. The average molecular weight is 497 g/mol. The van der Waals surface area contributed by atoms with E-state index in [2.05, 4.69) is 15.2 Å². The summed E-state index contributed by atoms with van der Waals surface area (Å²) >= 11 is 18.8. The van der Waals surface area contributed by atoms with Crippen molar-refractivity contribution in [3.8, 4) is 28.5 Å². The Kier molecular flexibility index (Phi) is 5.89. The van der Waals surface area contributed by atoms with Crippen LogP contribution in [0.5, 0.6) is 0 Å². The zero-order valence-corrected chi connectivity index (χ0v) is 19.6. The van der Waals surface area contributed by atoms with E-state index >= 15 is 0 Å². The molecule has 0 unspecified atom stereocenters. The molecule has 5 aromatic rings. The Morgan fingerprint density at radius 2 is 1.70 bits per heavy atom. The van der Waals surface area contributed by atoms with Crippen molar-refractivity contribution in [1.29, 1.82) is 0 Å². The van der Waals surface area contributed by atoms with E-state index in [1.54, 1.807) is 23.0 Å². The van der Waals surface area contributed by atoms with Crippen LogP contribution in [0.4, 0.5) is 0 Å². The molecular weight excluding hydrogens is 481 g/mol. The van der Waals surface area contributed by atoms with Gasteiger partial charge < -0.3 is 4.42 Å². The highest BCUT2D eigenvalue weighted by Crippen LogP contribution is 2.36. The first-order chi connectivity index (χ1) is 16.0. The van der Waals surface area contributed by atoms with Crippen molar-refractivity contribution >= 4 is 34.8 Å². The predicted molar refractivity (Wildman–Crippen MR) is 129 cm³/mol. The molecular formula is C24H16Cl3N5O. The molecule has 0 spiro atoms. The smallest absolute Gasteiger partial charge is 0.268 e. The fourth-order valence-corrected chi connectivity index (χ4v) is 4.17. The molecule has 0 saturated carbocycles. The second-order valence-corrected chi connectivity index (χ2v) is 8.62. The lowest BCUT2D eigenvalue weighted by Crippen LogP contribution is -2.00. The average Bonchev–Trinajstić information content (AvgIpc) is 3.39. The molecule has 3 aromatic heterocycles. The lowest BCUT2D eigenvalue weighted by atomic mass is 10.1. The standard InChI is InChI=1S/C24H16Cl3N5O/c1-14-22(24-30-29-21(33-24)13-18-4-2-3-11-28-18)31-32(20-10-9-17(26)12-19(20)27)23(14)15-5-7-16(25)8-6-15/h2-12H,13H2,1H3. The molecule has 0 bridgehead atoms. The molecule has 0 radical (unpaired) electrons. The Bertz CT molecular complexity index is 1430. The summed E-state index contributed by atoms with van der Waals surface area (Å²) in [6, 6.07) is 18.5. The number of hydrogen-bond acceptors (Lipinski definition) is 5. The summed E-state index contributed by atoms with van der Waals surface area (Å²) in [4.78, 5) is 4.31. The highest BCUT2D eigenvalue weighted by Gasteiger charge is 2.23. The van der Waals surface area contributed by atoms with Crippen LogP contribution in [0.1, 0.15) is 17.1 Å². The van der Waals surface area contributed by atoms with Gasteiger partial charge in [-0.15, -0.1) is 10.2 Å². The summed E-state index contributed by atoms with van der Waals surface area (Å²) < 4.78 is 7.71. The Morgan fingerprint density at radius 3 is 2.42 bits per heavy atom. The van der Waals surface area contributed by atoms with Crippen molar-refractivity contribution in [2.24, 2.45) is 0 Å². The van der Waals surface area contributed by atoms with Gasteiger partial charge >= 0.3 is 0 Å². The monoisotopic (exact) mass is 495 g/mol. The fourth-order valence-electron chi connectivity index (χ4n) is 3.55. The molecule has 3 heterocycles. The fraction of sp³-hybridized carbons (Fsp3) is 0.0833. The van der Waals surface area contributed by atoms with Crippen LogP contribution in [0, 0.1) is 6.92 Å². The van der Waals surface area contributed by atoms with Gasteiger partial charge in [0.15, 0.2) is 5.69 Å². The summed E-state index contributed by atoms with van der Waals surface area (Å²) in [6.07, 6.45) is 2.16. The number of aromatic nitrogens is 5. The molecule has 164 valence electrons. The minimum absolute atomic E-state index is 0.317. The van der Waals surface area contributed by atoms with Crippen molar-refractivity contribution in [2.45, 2.75) is 13.3 Å². The Morgan fingerprint density at radius 1 is 0.909 bits per heavy atom. The zero-order chi connectivity index (χ0) is 22.9. The van der Waals surface area contributed by atoms with Crippen LogP contribution in [0.3, 0.4) is 0 Å². The van der Waals surface area contributed by atoms with Gasteiger partial charge in [-0.3, -0.25) is 4.98 Å². The third-order valence-electron chi connectivity index (χ3n) is 5.11. The lowest BCUT2D eigenvalue weighted by Gasteiger charge is -2.11. The summed E-state index contributed by atoms with van der Waals surface area (Å²) in [6.45, 7) is 1.95. The van der Waals surface area contributed by atoms with Gasteiger partial charge in [0.25, 0.3) is 5.89 Å². The van der Waals surface area contributed by atoms with Crippen LogP contribution in [-0.4, -0.2) is 25.0 Å². The molecule has 0 aliphatic heterocycles. The minimum Gasteiger partial charge on any atom is -0.419 e. The van der Waals surface area contributed by atoms with Gasteiger partial charge in [-0.25, -0.2) is 4.68 Å². The topological polar surface area (TPSA) is 69.6 Å². The van der Waals surface area contributed by atoms with Crippen LogP contribution in [0.2, 0.25) is 15.1 Å². The van der Waals surface area contributed by atoms with Crippen LogP contribution in [0.15, 0.2) is 71.3 Å². The number of hydrogen-bond donors (Lipinski definition) is 0. The van der Waals surface area contributed by atoms with Gasteiger partial charge in [0, 0.05) is 33.1 Å². The first-order valence-electron chi connectivity index (χ1n) is 10.0. The Labute approximate surface area is 204 Å². The molecule has 6 nitrogen and oxygen atoms in total. The van der Waals surface area contributed by atoms with E-state index in [4.69, 9.17) is 44.3 Å². The maximum Gasteiger partial charge on any atom is 0.268 e. The number of benzene rings is 2. The van der Waals surface area contributed by atoms with E-state index in [-0.39, 0.29) is 0 Å². The summed E-state index contributed by atoms with van der Waals surface area (Å²) in [5, 5.41) is 14.9. The molecule has 0 fully saturated rings. The molecule has 0 aliphatic carbocycles.